The van der Waals surface area contributed by atoms with Crippen molar-refractivity contribution in [3.05, 3.63) is 75.8 Å². The van der Waals surface area contributed by atoms with E-state index in [4.69, 9.17) is 11.6 Å². The van der Waals surface area contributed by atoms with Gasteiger partial charge in [-0.05, 0) is 38.1 Å². The van der Waals surface area contributed by atoms with Crippen molar-refractivity contribution in [1.29, 1.82) is 0 Å². The molecule has 0 spiro atoms. The van der Waals surface area contributed by atoms with E-state index in [1.807, 2.05) is 0 Å². The highest BCUT2D eigenvalue weighted by Gasteiger charge is 2.38. The summed E-state index contributed by atoms with van der Waals surface area (Å²) >= 11 is 6.26. The van der Waals surface area contributed by atoms with Crippen molar-refractivity contribution in [2.75, 3.05) is 6.54 Å². The van der Waals surface area contributed by atoms with Gasteiger partial charge in [0.2, 0.25) is 0 Å². The molecule has 0 radical (unpaired) electrons. The molecular weight excluding hydrogens is 478 g/mol. The van der Waals surface area contributed by atoms with Gasteiger partial charge in [0.05, 0.1) is 28.1 Å². The van der Waals surface area contributed by atoms with Gasteiger partial charge in [-0.1, -0.05) is 11.6 Å². The van der Waals surface area contributed by atoms with Crippen LogP contribution < -0.4 is 5.32 Å². The molecule has 2 aromatic heterocycles. The highest BCUT2D eigenvalue weighted by atomic mass is 35.5. The van der Waals surface area contributed by atoms with Gasteiger partial charge in [-0.3, -0.25) is 14.8 Å². The van der Waals surface area contributed by atoms with Crippen LogP contribution in [-0.4, -0.2) is 43.9 Å². The van der Waals surface area contributed by atoms with Crippen molar-refractivity contribution in [3.63, 3.8) is 0 Å². The summed E-state index contributed by atoms with van der Waals surface area (Å²) in [5.74, 6) is -1.15. The highest BCUT2D eigenvalue weighted by Crippen LogP contribution is 2.41. The highest BCUT2D eigenvalue weighted by molar-refractivity contribution is 6.37. The van der Waals surface area contributed by atoms with Gasteiger partial charge in [-0.2, -0.15) is 13.2 Å². The number of hydrogen-bond donors (Lipinski definition) is 2. The van der Waals surface area contributed by atoms with Crippen molar-refractivity contribution < 1.29 is 27.5 Å². The zero-order valence-corrected chi connectivity index (χ0v) is 18.6. The van der Waals surface area contributed by atoms with Gasteiger partial charge < -0.3 is 15.0 Å². The lowest BCUT2D eigenvalue weighted by Gasteiger charge is -2.17. The van der Waals surface area contributed by atoms with E-state index < -0.39 is 40.6 Å². The van der Waals surface area contributed by atoms with Crippen LogP contribution >= 0.6 is 11.6 Å². The minimum Gasteiger partial charge on any atom is -0.392 e. The predicted octanol–water partition coefficient (Wildman–Crippen LogP) is 4.10. The largest absolute Gasteiger partial charge is 0.417 e. The van der Waals surface area contributed by atoms with Gasteiger partial charge in [-0.25, -0.2) is 9.37 Å². The molecule has 0 fully saturated rings. The lowest BCUT2D eigenvalue weighted by Crippen LogP contribution is -2.30. The van der Waals surface area contributed by atoms with E-state index in [1.165, 1.54) is 36.0 Å². The number of aromatic nitrogens is 3. The van der Waals surface area contributed by atoms with Gasteiger partial charge in [0, 0.05) is 24.5 Å². The molecule has 3 heterocycles. The van der Waals surface area contributed by atoms with Crippen molar-refractivity contribution in [1.82, 2.24) is 19.9 Å². The average Bonchev–Trinajstić information content (AvgIpc) is 3.16. The first-order valence-corrected chi connectivity index (χ1v) is 10.5. The van der Waals surface area contributed by atoms with Crippen molar-refractivity contribution in [2.24, 2.45) is 4.99 Å². The first-order valence-electron chi connectivity index (χ1n) is 10.1. The second-order valence-electron chi connectivity index (χ2n) is 7.72. The number of pyridine rings is 1. The standard InChI is InChI=1S/C22H18ClF4N5O2/c1-10(33)8-29-21(34)14-9-32-15-6-5-12(22(25,26)27)17(23)16(15)19(30-11(2)20(32)31-14)18-13(24)4-3-7-28-18/h3-7,9-11,33H,8H2,1-2H3,(H,29,34)/t10-,11+/m1/s1. The molecule has 178 valence electrons. The Bertz CT molecular complexity index is 1300. The molecular formula is C22H18ClF4N5O2. The number of carbonyl (C=O) groups is 1. The number of hydrogen-bond acceptors (Lipinski definition) is 5. The number of fused-ring (bicyclic) bond motifs is 3. The summed E-state index contributed by atoms with van der Waals surface area (Å²) in [6.45, 7) is 3.07. The lowest BCUT2D eigenvalue weighted by molar-refractivity contribution is -0.137. The van der Waals surface area contributed by atoms with E-state index >= 15 is 0 Å². The maximum atomic E-state index is 14.7. The zero-order chi connectivity index (χ0) is 24.8. The molecule has 12 heteroatoms. The Balaban J connectivity index is 1.96. The maximum absolute atomic E-state index is 14.7. The molecule has 0 saturated carbocycles. The average molecular weight is 496 g/mol. The number of halogens is 5. The third-order valence-electron chi connectivity index (χ3n) is 5.12. The first kappa shape index (κ1) is 23.8. The van der Waals surface area contributed by atoms with Crippen molar-refractivity contribution in [3.8, 4) is 5.69 Å². The number of imidazole rings is 1. The third-order valence-corrected chi connectivity index (χ3v) is 5.52. The minimum atomic E-state index is -4.78. The van der Waals surface area contributed by atoms with Crippen LogP contribution in [0.5, 0.6) is 0 Å². The Hall–Kier alpha value is -3.31. The van der Waals surface area contributed by atoms with Crippen LogP contribution in [0, 0.1) is 5.82 Å². The molecule has 0 unspecified atom stereocenters. The van der Waals surface area contributed by atoms with Gasteiger partial charge in [0.1, 0.15) is 23.3 Å². The Morgan fingerprint density at radius 1 is 1.32 bits per heavy atom. The molecule has 1 aromatic carbocycles. The van der Waals surface area contributed by atoms with E-state index in [2.05, 4.69) is 20.3 Å². The number of aliphatic hydroxyl groups excluding tert-OH is 1. The lowest BCUT2D eigenvalue weighted by atomic mass is 10.00. The summed E-state index contributed by atoms with van der Waals surface area (Å²) in [5, 5.41) is 11.2. The summed E-state index contributed by atoms with van der Waals surface area (Å²) < 4.78 is 57.0. The normalized spacial score (nSPS) is 16.2. The molecule has 4 rings (SSSR count). The quantitative estimate of drug-likeness (QED) is 0.533. The van der Waals surface area contributed by atoms with Gasteiger partial charge >= 0.3 is 6.18 Å². The van der Waals surface area contributed by atoms with E-state index in [9.17, 15) is 27.5 Å². The molecule has 7 nitrogen and oxygen atoms in total. The molecule has 1 aliphatic rings. The van der Waals surface area contributed by atoms with Crippen LogP contribution in [0.1, 0.15) is 53.0 Å². The maximum Gasteiger partial charge on any atom is 0.417 e. The van der Waals surface area contributed by atoms with E-state index in [0.717, 1.165) is 12.1 Å². The summed E-state index contributed by atoms with van der Waals surface area (Å²) in [6, 6.07) is 3.64. The number of nitrogens with zero attached hydrogens (tertiary/aromatic N) is 4. The molecule has 34 heavy (non-hydrogen) atoms. The monoisotopic (exact) mass is 495 g/mol. The third kappa shape index (κ3) is 4.28. The van der Waals surface area contributed by atoms with Crippen LogP contribution in [0.2, 0.25) is 5.02 Å². The van der Waals surface area contributed by atoms with E-state index in [1.54, 1.807) is 6.92 Å². The molecule has 2 atom stereocenters. The molecule has 1 amide bonds. The van der Waals surface area contributed by atoms with Crippen molar-refractivity contribution in [2.45, 2.75) is 32.2 Å². The summed E-state index contributed by atoms with van der Waals surface area (Å²) in [7, 11) is 0. The summed E-state index contributed by atoms with van der Waals surface area (Å²) in [6.07, 6.45) is -2.94. The van der Waals surface area contributed by atoms with Crippen LogP contribution in [0.3, 0.4) is 0 Å². The molecule has 3 aromatic rings. The topological polar surface area (TPSA) is 92.4 Å². The Morgan fingerprint density at radius 3 is 2.71 bits per heavy atom. The Labute approximate surface area is 196 Å². The second-order valence-corrected chi connectivity index (χ2v) is 8.10. The predicted molar refractivity (Wildman–Crippen MR) is 116 cm³/mol. The minimum absolute atomic E-state index is 0.0187. The molecule has 2 N–H and O–H groups in total. The smallest absolute Gasteiger partial charge is 0.392 e. The number of aliphatic imine (C=N–C) groups is 1. The summed E-state index contributed by atoms with van der Waals surface area (Å²) in [4.78, 5) is 25.2. The Kier molecular flexibility index (Phi) is 6.17. The fraction of sp³-hybridized carbons (Fsp3) is 0.273. The zero-order valence-electron chi connectivity index (χ0n) is 17.9. The van der Waals surface area contributed by atoms with E-state index in [0.29, 0.717) is 0 Å². The number of benzene rings is 1. The number of rotatable bonds is 4. The van der Waals surface area contributed by atoms with Crippen LogP contribution in [0.25, 0.3) is 5.69 Å². The molecule has 0 saturated heterocycles. The Morgan fingerprint density at radius 2 is 2.06 bits per heavy atom. The summed E-state index contributed by atoms with van der Waals surface area (Å²) in [5.41, 5.74) is -1.65. The molecule has 0 bridgehead atoms. The number of alkyl halides is 3. The second kappa shape index (κ2) is 8.80. The number of amides is 1. The first-order chi connectivity index (χ1) is 16.0. The van der Waals surface area contributed by atoms with E-state index in [-0.39, 0.29) is 40.7 Å². The SMILES string of the molecule is C[C@@H]1N=C(c2ncccc2F)c2c(ccc(C(F)(F)F)c2Cl)-n2cc(C(=O)NC[C@@H](C)O)nc21. The number of carbonyl (C=O) groups excluding carboxylic acids is 1. The molecule has 1 aliphatic heterocycles. The fourth-order valence-electron chi connectivity index (χ4n) is 3.59. The van der Waals surface area contributed by atoms with Crippen LogP contribution in [-0.2, 0) is 6.18 Å². The van der Waals surface area contributed by atoms with Crippen LogP contribution in [0.15, 0.2) is 41.7 Å². The van der Waals surface area contributed by atoms with Crippen LogP contribution in [0.4, 0.5) is 17.6 Å². The number of nitrogens with one attached hydrogen (secondary N) is 1. The molecule has 0 aliphatic carbocycles. The van der Waals surface area contributed by atoms with Gasteiger partial charge in [0.15, 0.2) is 5.82 Å². The number of aliphatic hydroxyl groups is 1. The van der Waals surface area contributed by atoms with Gasteiger partial charge in [0.25, 0.3) is 5.91 Å². The van der Waals surface area contributed by atoms with Gasteiger partial charge in [-0.15, -0.1) is 0 Å². The van der Waals surface area contributed by atoms with Crippen molar-refractivity contribution >= 4 is 23.2 Å². The fourth-order valence-corrected chi connectivity index (χ4v) is 3.95.